The SMILES string of the molecule is CCC[C@@H](O)CNC(=O)c1ccc2nc(C(O)(c3ccccc3)c3ccccc3)n(CC)c2c1. The Labute approximate surface area is 199 Å². The number of rotatable bonds is 9. The van der Waals surface area contributed by atoms with Gasteiger partial charge in [0.15, 0.2) is 11.4 Å². The lowest BCUT2D eigenvalue weighted by Gasteiger charge is -2.29. The normalized spacial score (nSPS) is 12.6. The molecule has 0 unspecified atom stereocenters. The summed E-state index contributed by atoms with van der Waals surface area (Å²) in [6, 6.07) is 24.3. The summed E-state index contributed by atoms with van der Waals surface area (Å²) in [4.78, 5) is 17.6. The molecular weight excluding hydrogens is 426 g/mol. The van der Waals surface area contributed by atoms with Crippen molar-refractivity contribution < 1.29 is 15.0 Å². The molecule has 4 aromatic rings. The Morgan fingerprint density at radius 1 is 1.00 bits per heavy atom. The predicted octanol–water partition coefficient (Wildman–Crippen LogP) is 4.23. The van der Waals surface area contributed by atoms with Crippen LogP contribution in [0.3, 0.4) is 0 Å². The van der Waals surface area contributed by atoms with Gasteiger partial charge in [-0.3, -0.25) is 4.79 Å². The Morgan fingerprint density at radius 2 is 1.62 bits per heavy atom. The van der Waals surface area contributed by atoms with Gasteiger partial charge in [-0.05, 0) is 42.7 Å². The Morgan fingerprint density at radius 3 is 2.18 bits per heavy atom. The minimum Gasteiger partial charge on any atom is -0.391 e. The molecule has 6 heteroatoms. The molecule has 0 aliphatic heterocycles. The van der Waals surface area contributed by atoms with Crippen LogP contribution in [0.4, 0.5) is 0 Å². The zero-order valence-corrected chi connectivity index (χ0v) is 19.6. The largest absolute Gasteiger partial charge is 0.391 e. The minimum absolute atomic E-state index is 0.213. The Hall–Kier alpha value is -3.48. The molecule has 34 heavy (non-hydrogen) atoms. The van der Waals surface area contributed by atoms with Crippen molar-refractivity contribution >= 4 is 16.9 Å². The van der Waals surface area contributed by atoms with Crippen molar-refractivity contribution in [2.24, 2.45) is 0 Å². The predicted molar refractivity (Wildman–Crippen MR) is 134 cm³/mol. The van der Waals surface area contributed by atoms with Gasteiger partial charge in [0.2, 0.25) is 0 Å². The number of aryl methyl sites for hydroxylation is 1. The summed E-state index contributed by atoms with van der Waals surface area (Å²) in [5, 5.41) is 25.0. The first-order chi connectivity index (χ1) is 16.5. The Bertz CT molecular complexity index is 1210. The highest BCUT2D eigenvalue weighted by atomic mass is 16.3. The van der Waals surface area contributed by atoms with Gasteiger partial charge in [-0.15, -0.1) is 0 Å². The van der Waals surface area contributed by atoms with E-state index in [-0.39, 0.29) is 12.5 Å². The van der Waals surface area contributed by atoms with Crippen LogP contribution < -0.4 is 5.32 Å². The van der Waals surface area contributed by atoms with Crippen molar-refractivity contribution in [3.05, 3.63) is 101 Å². The number of fused-ring (bicyclic) bond motifs is 1. The van der Waals surface area contributed by atoms with Crippen LogP contribution in [0, 0.1) is 0 Å². The van der Waals surface area contributed by atoms with E-state index in [1.165, 1.54) is 0 Å². The molecule has 0 fully saturated rings. The number of nitrogens with one attached hydrogen (secondary N) is 1. The van der Waals surface area contributed by atoms with Crippen molar-refractivity contribution in [1.82, 2.24) is 14.9 Å². The molecule has 0 saturated heterocycles. The average Bonchev–Trinajstić information content (AvgIpc) is 3.26. The monoisotopic (exact) mass is 457 g/mol. The molecular formula is C28H31N3O3. The number of aromatic nitrogens is 2. The van der Waals surface area contributed by atoms with Gasteiger partial charge in [-0.2, -0.15) is 0 Å². The van der Waals surface area contributed by atoms with Crippen LogP contribution in [0.25, 0.3) is 11.0 Å². The first-order valence-corrected chi connectivity index (χ1v) is 11.8. The number of carbonyl (C=O) groups excluding carboxylic acids is 1. The second-order valence-electron chi connectivity index (χ2n) is 8.48. The summed E-state index contributed by atoms with van der Waals surface area (Å²) in [6.07, 6.45) is 0.938. The van der Waals surface area contributed by atoms with Crippen LogP contribution in [0.2, 0.25) is 0 Å². The number of amides is 1. The first kappa shape index (κ1) is 23.7. The maximum Gasteiger partial charge on any atom is 0.251 e. The fraction of sp³-hybridized carbons (Fsp3) is 0.286. The lowest BCUT2D eigenvalue weighted by molar-refractivity contribution is 0.0910. The topological polar surface area (TPSA) is 87.4 Å². The highest BCUT2D eigenvalue weighted by molar-refractivity contribution is 5.97. The third-order valence-electron chi connectivity index (χ3n) is 6.15. The van der Waals surface area contributed by atoms with Crippen molar-refractivity contribution in [2.75, 3.05) is 6.54 Å². The molecule has 1 aromatic heterocycles. The summed E-state index contributed by atoms with van der Waals surface area (Å²) < 4.78 is 1.96. The summed E-state index contributed by atoms with van der Waals surface area (Å²) >= 11 is 0. The number of hydrogen-bond acceptors (Lipinski definition) is 4. The molecule has 176 valence electrons. The van der Waals surface area contributed by atoms with E-state index in [2.05, 4.69) is 5.32 Å². The maximum atomic E-state index is 12.7. The first-order valence-electron chi connectivity index (χ1n) is 11.8. The van der Waals surface area contributed by atoms with E-state index < -0.39 is 11.7 Å². The molecule has 0 spiro atoms. The molecule has 1 atom stereocenters. The van der Waals surface area contributed by atoms with Crippen LogP contribution in [0.15, 0.2) is 78.9 Å². The maximum absolute atomic E-state index is 12.7. The zero-order chi connectivity index (χ0) is 24.1. The smallest absolute Gasteiger partial charge is 0.251 e. The van der Waals surface area contributed by atoms with E-state index in [1.54, 1.807) is 18.2 Å². The molecule has 3 aromatic carbocycles. The van der Waals surface area contributed by atoms with Gasteiger partial charge in [-0.25, -0.2) is 4.98 Å². The van der Waals surface area contributed by atoms with Gasteiger partial charge in [-0.1, -0.05) is 74.0 Å². The van der Waals surface area contributed by atoms with E-state index in [0.717, 1.165) is 11.9 Å². The molecule has 1 heterocycles. The highest BCUT2D eigenvalue weighted by Gasteiger charge is 2.38. The van der Waals surface area contributed by atoms with Gasteiger partial charge < -0.3 is 20.1 Å². The number of aliphatic hydroxyl groups is 2. The number of nitrogens with zero attached hydrogens (tertiary/aromatic N) is 2. The van der Waals surface area contributed by atoms with Crippen molar-refractivity contribution in [3.63, 3.8) is 0 Å². The van der Waals surface area contributed by atoms with Gasteiger partial charge in [0, 0.05) is 18.7 Å². The van der Waals surface area contributed by atoms with Crippen molar-refractivity contribution in [3.8, 4) is 0 Å². The van der Waals surface area contributed by atoms with E-state index in [9.17, 15) is 15.0 Å². The second kappa shape index (κ2) is 10.2. The lowest BCUT2D eigenvalue weighted by Crippen LogP contribution is -2.32. The van der Waals surface area contributed by atoms with Crippen molar-refractivity contribution in [1.29, 1.82) is 0 Å². The third kappa shape index (κ3) is 4.47. The molecule has 1 amide bonds. The number of imidazole rings is 1. The van der Waals surface area contributed by atoms with E-state index in [4.69, 9.17) is 4.98 Å². The molecule has 0 saturated carbocycles. The van der Waals surface area contributed by atoms with Crippen LogP contribution >= 0.6 is 0 Å². The summed E-state index contributed by atoms with van der Waals surface area (Å²) in [5.41, 5.74) is 1.92. The van der Waals surface area contributed by atoms with Gasteiger partial charge in [0.25, 0.3) is 5.91 Å². The Kier molecular flexibility index (Phi) is 7.10. The number of carbonyl (C=O) groups is 1. The summed E-state index contributed by atoms with van der Waals surface area (Å²) in [5.74, 6) is 0.252. The van der Waals surface area contributed by atoms with Crippen molar-refractivity contribution in [2.45, 2.75) is 44.9 Å². The quantitative estimate of drug-likeness (QED) is 0.351. The van der Waals surface area contributed by atoms with E-state index in [0.29, 0.717) is 41.0 Å². The molecule has 6 nitrogen and oxygen atoms in total. The standard InChI is InChI=1S/C28H31N3O3/c1-3-11-23(32)19-29-26(33)20-16-17-24-25(18-20)31(4-2)27(30-24)28(34,21-12-7-5-8-13-21)22-14-9-6-10-15-22/h5-10,12-18,23,32,34H,3-4,11,19H2,1-2H3,(H,29,33)/t23-/m1/s1. The van der Waals surface area contributed by atoms with Crippen LogP contribution in [0.5, 0.6) is 0 Å². The molecule has 3 N–H and O–H groups in total. The summed E-state index contributed by atoms with van der Waals surface area (Å²) in [7, 11) is 0. The number of benzene rings is 3. The molecule has 0 aliphatic rings. The second-order valence-corrected chi connectivity index (χ2v) is 8.48. The fourth-order valence-corrected chi connectivity index (χ4v) is 4.39. The lowest BCUT2D eigenvalue weighted by atomic mass is 9.85. The van der Waals surface area contributed by atoms with Crippen LogP contribution in [0.1, 0.15) is 54.0 Å². The molecule has 0 aliphatic carbocycles. The van der Waals surface area contributed by atoms with Gasteiger partial charge in [0.1, 0.15) is 0 Å². The van der Waals surface area contributed by atoms with Gasteiger partial charge >= 0.3 is 0 Å². The highest BCUT2D eigenvalue weighted by Crippen LogP contribution is 2.37. The summed E-state index contributed by atoms with van der Waals surface area (Å²) in [6.45, 7) is 4.77. The Balaban J connectivity index is 1.80. The molecule has 4 rings (SSSR count). The van der Waals surface area contributed by atoms with Crippen LogP contribution in [-0.2, 0) is 12.1 Å². The van der Waals surface area contributed by atoms with E-state index >= 15 is 0 Å². The number of hydrogen-bond donors (Lipinski definition) is 3. The van der Waals surface area contributed by atoms with Crippen LogP contribution in [-0.4, -0.2) is 38.3 Å². The van der Waals surface area contributed by atoms with Gasteiger partial charge in [0.05, 0.1) is 17.1 Å². The third-order valence-corrected chi connectivity index (χ3v) is 6.15. The molecule has 0 radical (unpaired) electrons. The minimum atomic E-state index is -1.47. The fourth-order valence-electron chi connectivity index (χ4n) is 4.39. The van der Waals surface area contributed by atoms with E-state index in [1.807, 2.05) is 79.1 Å². The molecule has 0 bridgehead atoms. The average molecular weight is 458 g/mol. The zero-order valence-electron chi connectivity index (χ0n) is 19.6. The number of aliphatic hydroxyl groups excluding tert-OH is 1.